The summed E-state index contributed by atoms with van der Waals surface area (Å²) in [5, 5.41) is 5.56. The molecule has 1 aromatic heterocycles. The molecule has 30 heavy (non-hydrogen) atoms. The number of hydrogen-bond acceptors (Lipinski definition) is 6. The van der Waals surface area contributed by atoms with Gasteiger partial charge in [-0.25, -0.2) is 9.97 Å². The fourth-order valence-corrected chi connectivity index (χ4v) is 3.89. The van der Waals surface area contributed by atoms with Crippen molar-refractivity contribution < 1.29 is 23.9 Å². The largest absolute Gasteiger partial charge is 0.338 e. The molecule has 1 unspecified atom stereocenters. The molecule has 0 radical (unpaired) electrons. The molecule has 1 aromatic carbocycles. The van der Waals surface area contributed by atoms with Crippen LogP contribution in [-0.4, -0.2) is 74.9 Å². The molecule has 10 nitrogen and oxygen atoms in total. The number of piperazine rings is 1. The number of carbonyl (C=O) groups excluding carboxylic acids is 2. The summed E-state index contributed by atoms with van der Waals surface area (Å²) in [5.41, 5.74) is 1.29. The number of rotatable bonds is 6. The Labute approximate surface area is 173 Å². The predicted molar refractivity (Wildman–Crippen MR) is 110 cm³/mol. The molecule has 1 aliphatic heterocycles. The molecule has 160 valence electrons. The highest BCUT2D eigenvalue weighted by Crippen LogP contribution is 2.35. The lowest BCUT2D eigenvalue weighted by Crippen LogP contribution is -2.55. The number of amides is 2. The third-order valence-corrected chi connectivity index (χ3v) is 5.41. The van der Waals surface area contributed by atoms with Gasteiger partial charge in [-0.05, 0) is 13.0 Å². The summed E-state index contributed by atoms with van der Waals surface area (Å²) < 4.78 is 11.6. The summed E-state index contributed by atoms with van der Waals surface area (Å²) in [6.45, 7) is 3.67. The van der Waals surface area contributed by atoms with Crippen LogP contribution in [0.3, 0.4) is 0 Å². The van der Waals surface area contributed by atoms with E-state index in [2.05, 4.69) is 20.6 Å². The molecular formula is C19H24N5O5P. The lowest BCUT2D eigenvalue weighted by Gasteiger charge is -2.31. The van der Waals surface area contributed by atoms with Crippen molar-refractivity contribution in [3.8, 4) is 11.4 Å². The number of aromatic nitrogens is 2. The lowest BCUT2D eigenvalue weighted by molar-refractivity contribution is -0.133. The Morgan fingerprint density at radius 1 is 1.20 bits per heavy atom. The Bertz CT molecular complexity index is 959. The van der Waals surface area contributed by atoms with Gasteiger partial charge in [0, 0.05) is 37.4 Å². The van der Waals surface area contributed by atoms with Crippen LogP contribution in [0.4, 0.5) is 0 Å². The second-order valence-corrected chi connectivity index (χ2v) is 8.73. The van der Waals surface area contributed by atoms with Crippen LogP contribution in [0.1, 0.15) is 16.2 Å². The first-order chi connectivity index (χ1) is 14.2. The van der Waals surface area contributed by atoms with Crippen LogP contribution in [0, 0.1) is 6.92 Å². The van der Waals surface area contributed by atoms with Gasteiger partial charge in [0.1, 0.15) is 11.7 Å². The van der Waals surface area contributed by atoms with Crippen LogP contribution >= 0.6 is 7.60 Å². The van der Waals surface area contributed by atoms with Crippen molar-refractivity contribution in [2.45, 2.75) is 13.0 Å². The summed E-state index contributed by atoms with van der Waals surface area (Å²) >= 11 is 0. The molecule has 1 atom stereocenters. The van der Waals surface area contributed by atoms with Crippen LogP contribution in [0.15, 0.2) is 36.4 Å². The topological polar surface area (TPSA) is 145 Å². The summed E-state index contributed by atoms with van der Waals surface area (Å²) in [7, 11) is -4.55. The Kier molecular flexibility index (Phi) is 6.94. The Morgan fingerprint density at radius 2 is 1.87 bits per heavy atom. The maximum Gasteiger partial charge on any atom is 0.328 e. The van der Waals surface area contributed by atoms with Crippen molar-refractivity contribution in [1.82, 2.24) is 25.5 Å². The average molecular weight is 433 g/mol. The van der Waals surface area contributed by atoms with E-state index in [1.807, 2.05) is 18.2 Å². The summed E-state index contributed by atoms with van der Waals surface area (Å²) in [6, 6.07) is 9.22. The standard InChI is InChI=1S/C19H24N5O5P/c1-13-11-15(22-17(21-13)14-5-3-2-4-6-14)18(25)23-16(12-30(27,28)29)19(26)24-9-7-20-8-10-24/h2-6,11,16,20H,7-10,12H2,1H3,(H,23,25)(H2,27,28,29). The zero-order valence-corrected chi connectivity index (χ0v) is 17.4. The van der Waals surface area contributed by atoms with Gasteiger partial charge in [-0.3, -0.25) is 14.2 Å². The highest BCUT2D eigenvalue weighted by molar-refractivity contribution is 7.51. The predicted octanol–water partition coefficient (Wildman–Crippen LogP) is 0.160. The molecule has 1 saturated heterocycles. The summed E-state index contributed by atoms with van der Waals surface area (Å²) in [5.74, 6) is -0.873. The van der Waals surface area contributed by atoms with Crippen LogP contribution in [0.2, 0.25) is 0 Å². The SMILES string of the molecule is Cc1cc(C(=O)NC(CP(=O)(O)O)C(=O)N2CCNCC2)nc(-c2ccccc2)n1. The minimum absolute atomic E-state index is 0.0187. The second-order valence-electron chi connectivity index (χ2n) is 7.03. The first-order valence-corrected chi connectivity index (χ1v) is 11.3. The normalized spacial score (nSPS) is 15.5. The van der Waals surface area contributed by atoms with Crippen LogP contribution in [0.25, 0.3) is 11.4 Å². The van der Waals surface area contributed by atoms with Gasteiger partial charge in [0.15, 0.2) is 5.82 Å². The van der Waals surface area contributed by atoms with Crippen LogP contribution < -0.4 is 10.6 Å². The number of aryl methyl sites for hydroxylation is 1. The molecule has 0 bridgehead atoms. The summed E-state index contributed by atoms with van der Waals surface area (Å²) in [4.78, 5) is 54.5. The smallest absolute Gasteiger partial charge is 0.328 e. The van der Waals surface area contributed by atoms with Crippen molar-refractivity contribution in [2.24, 2.45) is 0 Å². The van der Waals surface area contributed by atoms with E-state index in [4.69, 9.17) is 0 Å². The summed E-state index contributed by atoms with van der Waals surface area (Å²) in [6.07, 6.45) is -0.781. The Hall–Kier alpha value is -2.65. The molecule has 2 aromatic rings. The van der Waals surface area contributed by atoms with Gasteiger partial charge in [0.25, 0.3) is 5.91 Å². The monoisotopic (exact) mass is 433 g/mol. The average Bonchev–Trinajstić information content (AvgIpc) is 2.72. The molecule has 11 heteroatoms. The molecule has 3 rings (SSSR count). The molecule has 1 fully saturated rings. The van der Waals surface area contributed by atoms with Crippen LogP contribution in [-0.2, 0) is 9.36 Å². The number of nitrogens with zero attached hydrogens (tertiary/aromatic N) is 3. The van der Waals surface area contributed by atoms with Gasteiger partial charge < -0.3 is 25.3 Å². The van der Waals surface area contributed by atoms with E-state index in [1.54, 1.807) is 19.1 Å². The van der Waals surface area contributed by atoms with Crippen molar-refractivity contribution in [3.63, 3.8) is 0 Å². The third kappa shape index (κ3) is 5.93. The minimum atomic E-state index is -4.55. The molecule has 4 N–H and O–H groups in total. The molecule has 0 spiro atoms. The van der Waals surface area contributed by atoms with E-state index in [1.165, 1.54) is 11.0 Å². The van der Waals surface area contributed by atoms with E-state index in [0.29, 0.717) is 37.7 Å². The number of hydrogen-bond donors (Lipinski definition) is 4. The molecule has 1 aliphatic rings. The van der Waals surface area contributed by atoms with Gasteiger partial charge in [0.05, 0.1) is 6.16 Å². The van der Waals surface area contributed by atoms with E-state index in [9.17, 15) is 23.9 Å². The molecule has 2 heterocycles. The fraction of sp³-hybridized carbons (Fsp3) is 0.368. The van der Waals surface area contributed by atoms with Crippen LogP contribution in [0.5, 0.6) is 0 Å². The minimum Gasteiger partial charge on any atom is -0.338 e. The highest BCUT2D eigenvalue weighted by Gasteiger charge is 2.33. The zero-order chi connectivity index (χ0) is 21.7. The van der Waals surface area contributed by atoms with Gasteiger partial charge in [-0.1, -0.05) is 30.3 Å². The second kappa shape index (κ2) is 9.44. The number of carbonyl (C=O) groups is 2. The molecule has 2 amide bonds. The fourth-order valence-electron chi connectivity index (χ4n) is 3.16. The number of benzene rings is 1. The molecular weight excluding hydrogens is 409 g/mol. The van der Waals surface area contributed by atoms with Gasteiger partial charge in [-0.2, -0.15) is 0 Å². The highest BCUT2D eigenvalue weighted by atomic mass is 31.2. The quantitative estimate of drug-likeness (QED) is 0.472. The Morgan fingerprint density at radius 3 is 2.50 bits per heavy atom. The maximum absolute atomic E-state index is 12.8. The van der Waals surface area contributed by atoms with Gasteiger partial charge in [-0.15, -0.1) is 0 Å². The maximum atomic E-state index is 12.8. The first kappa shape index (κ1) is 22.0. The van der Waals surface area contributed by atoms with Crippen molar-refractivity contribution >= 4 is 19.4 Å². The van der Waals surface area contributed by atoms with Crippen molar-refractivity contribution in [2.75, 3.05) is 32.3 Å². The number of nitrogens with one attached hydrogen (secondary N) is 2. The van der Waals surface area contributed by atoms with E-state index in [-0.39, 0.29) is 5.69 Å². The van der Waals surface area contributed by atoms with E-state index in [0.717, 1.165) is 5.56 Å². The van der Waals surface area contributed by atoms with Crippen molar-refractivity contribution in [1.29, 1.82) is 0 Å². The molecule has 0 saturated carbocycles. The third-order valence-electron chi connectivity index (χ3n) is 4.57. The van der Waals surface area contributed by atoms with Gasteiger partial charge in [0.2, 0.25) is 5.91 Å². The Balaban J connectivity index is 1.83. The molecule has 0 aliphatic carbocycles. The van der Waals surface area contributed by atoms with E-state index >= 15 is 0 Å². The van der Waals surface area contributed by atoms with E-state index < -0.39 is 31.6 Å². The van der Waals surface area contributed by atoms with Gasteiger partial charge >= 0.3 is 7.60 Å². The zero-order valence-electron chi connectivity index (χ0n) is 16.5. The first-order valence-electron chi connectivity index (χ1n) is 9.49. The lowest BCUT2D eigenvalue weighted by atomic mass is 10.2. The van der Waals surface area contributed by atoms with Crippen molar-refractivity contribution in [3.05, 3.63) is 47.8 Å².